The van der Waals surface area contributed by atoms with Gasteiger partial charge < -0.3 is 15.4 Å². The van der Waals surface area contributed by atoms with Crippen molar-refractivity contribution < 1.29 is 9.53 Å². The highest BCUT2D eigenvalue weighted by molar-refractivity contribution is 5.92. The molecule has 0 saturated carbocycles. The van der Waals surface area contributed by atoms with Crippen LogP contribution in [0.4, 0.5) is 5.69 Å². The lowest BCUT2D eigenvalue weighted by Crippen LogP contribution is -2.48. The third-order valence-corrected chi connectivity index (χ3v) is 3.92. The van der Waals surface area contributed by atoms with Gasteiger partial charge in [-0.05, 0) is 49.3 Å². The van der Waals surface area contributed by atoms with Crippen LogP contribution in [-0.4, -0.2) is 24.0 Å². The van der Waals surface area contributed by atoms with Gasteiger partial charge in [0.2, 0.25) is 11.8 Å². The number of rotatable bonds is 5. The molecular weight excluding hydrogens is 349 g/mol. The highest BCUT2D eigenvalue weighted by Gasteiger charge is 2.28. The Morgan fingerprint density at radius 2 is 1.92 bits per heavy atom. The van der Waals surface area contributed by atoms with E-state index in [2.05, 4.69) is 15.6 Å². The Bertz CT molecular complexity index is 634. The number of nitrogens with one attached hydrogen (secondary N) is 2. The summed E-state index contributed by atoms with van der Waals surface area (Å²) in [6, 6.07) is 12.8. The van der Waals surface area contributed by atoms with Crippen molar-refractivity contribution in [3.63, 3.8) is 0 Å². The smallest absolute Gasteiger partial charge is 0.227 e. The first kappa shape index (κ1) is 20.2. The number of carbonyl (C=O) groups excluding carboxylic acids is 1. The van der Waals surface area contributed by atoms with Gasteiger partial charge in [0.1, 0.15) is 5.75 Å². The first-order valence-electron chi connectivity index (χ1n) is 7.43. The lowest BCUT2D eigenvalue weighted by molar-refractivity contribution is -0.121. The minimum absolute atomic E-state index is 0. The first-order valence-corrected chi connectivity index (χ1v) is 7.43. The van der Waals surface area contributed by atoms with Crippen LogP contribution in [0, 0.1) is 11.8 Å². The molecule has 1 amide bonds. The monoisotopic (exact) mass is 369 g/mol. The van der Waals surface area contributed by atoms with Gasteiger partial charge in [-0.25, -0.2) is 4.98 Å². The molecule has 2 heterocycles. The third kappa shape index (κ3) is 5.09. The molecule has 1 saturated heterocycles. The summed E-state index contributed by atoms with van der Waals surface area (Å²) in [6.07, 6.45) is 1.68. The van der Waals surface area contributed by atoms with Gasteiger partial charge in [0.15, 0.2) is 0 Å². The minimum atomic E-state index is 0. The number of amides is 1. The van der Waals surface area contributed by atoms with Crippen molar-refractivity contribution in [2.24, 2.45) is 11.8 Å². The van der Waals surface area contributed by atoms with E-state index in [4.69, 9.17) is 4.74 Å². The summed E-state index contributed by atoms with van der Waals surface area (Å²) in [5.41, 5.74) is 0.775. The quantitative estimate of drug-likeness (QED) is 0.846. The molecule has 1 aromatic carbocycles. The molecule has 130 valence electrons. The van der Waals surface area contributed by atoms with Gasteiger partial charge in [0.25, 0.3) is 0 Å². The van der Waals surface area contributed by atoms with Crippen LogP contribution >= 0.6 is 24.8 Å². The summed E-state index contributed by atoms with van der Waals surface area (Å²) in [7, 11) is 0. The predicted molar refractivity (Wildman–Crippen MR) is 99.4 cm³/mol. The van der Waals surface area contributed by atoms with E-state index in [-0.39, 0.29) is 36.6 Å². The van der Waals surface area contributed by atoms with Gasteiger partial charge in [0.05, 0.1) is 0 Å². The zero-order valence-electron chi connectivity index (χ0n) is 13.3. The molecule has 1 unspecified atom stereocenters. The number of hydrogen-bond donors (Lipinski definition) is 2. The van der Waals surface area contributed by atoms with Gasteiger partial charge in [0, 0.05) is 23.9 Å². The van der Waals surface area contributed by atoms with Crippen molar-refractivity contribution >= 4 is 36.4 Å². The summed E-state index contributed by atoms with van der Waals surface area (Å²) in [4.78, 5) is 16.2. The molecular formula is C17H21Cl2N3O2. The van der Waals surface area contributed by atoms with Crippen LogP contribution in [0.3, 0.4) is 0 Å². The van der Waals surface area contributed by atoms with Crippen LogP contribution in [0.25, 0.3) is 0 Å². The summed E-state index contributed by atoms with van der Waals surface area (Å²) in [6.45, 7) is 3.82. The zero-order chi connectivity index (χ0) is 15.4. The van der Waals surface area contributed by atoms with Crippen molar-refractivity contribution in [3.05, 3.63) is 48.7 Å². The maximum Gasteiger partial charge on any atom is 0.227 e. The van der Waals surface area contributed by atoms with Gasteiger partial charge in [-0.2, -0.15) is 0 Å². The van der Waals surface area contributed by atoms with E-state index in [1.54, 1.807) is 12.3 Å². The Labute approximate surface area is 154 Å². The number of halogens is 2. The second-order valence-electron chi connectivity index (χ2n) is 5.49. The normalized spacial score (nSPS) is 14.4. The topological polar surface area (TPSA) is 63.2 Å². The van der Waals surface area contributed by atoms with Gasteiger partial charge in [-0.15, -0.1) is 24.8 Å². The standard InChI is InChI=1S/C17H19N3O2.2ClH/c1-12(13-10-18-11-13)17(21)20-14-5-7-15(8-6-14)22-16-4-2-3-9-19-16;;/h2-9,12-13,18H,10-11H2,1H3,(H,20,21);2*1H. The number of anilines is 1. The highest BCUT2D eigenvalue weighted by atomic mass is 35.5. The molecule has 1 fully saturated rings. The molecule has 2 N–H and O–H groups in total. The lowest BCUT2D eigenvalue weighted by Gasteiger charge is -2.31. The van der Waals surface area contributed by atoms with Crippen LogP contribution in [0.15, 0.2) is 48.7 Å². The van der Waals surface area contributed by atoms with Crippen LogP contribution in [0.1, 0.15) is 6.92 Å². The molecule has 1 atom stereocenters. The number of benzene rings is 1. The summed E-state index contributed by atoms with van der Waals surface area (Å²) in [5.74, 6) is 1.75. The van der Waals surface area contributed by atoms with E-state index in [9.17, 15) is 4.79 Å². The zero-order valence-corrected chi connectivity index (χ0v) is 14.9. The molecule has 1 aliphatic rings. The largest absolute Gasteiger partial charge is 0.439 e. The van der Waals surface area contributed by atoms with Crippen molar-refractivity contribution in [3.8, 4) is 11.6 Å². The molecule has 3 rings (SSSR count). The number of nitrogens with zero attached hydrogens (tertiary/aromatic N) is 1. The molecule has 0 bridgehead atoms. The molecule has 2 aromatic rings. The van der Waals surface area contributed by atoms with E-state index >= 15 is 0 Å². The van der Waals surface area contributed by atoms with Crippen LogP contribution in [0.2, 0.25) is 0 Å². The molecule has 1 aromatic heterocycles. The number of aromatic nitrogens is 1. The molecule has 1 aliphatic heterocycles. The Morgan fingerprint density at radius 1 is 1.21 bits per heavy atom. The number of carbonyl (C=O) groups is 1. The van der Waals surface area contributed by atoms with Crippen LogP contribution in [0.5, 0.6) is 11.6 Å². The lowest BCUT2D eigenvalue weighted by atomic mass is 9.88. The van der Waals surface area contributed by atoms with E-state index in [0.717, 1.165) is 18.8 Å². The highest BCUT2D eigenvalue weighted by Crippen LogP contribution is 2.22. The molecule has 24 heavy (non-hydrogen) atoms. The van der Waals surface area contributed by atoms with Crippen molar-refractivity contribution in [2.75, 3.05) is 18.4 Å². The maximum absolute atomic E-state index is 12.1. The van der Waals surface area contributed by atoms with Crippen LogP contribution in [-0.2, 0) is 4.79 Å². The Kier molecular flexibility index (Phi) is 7.98. The Balaban J connectivity index is 0.00000144. The number of hydrogen-bond acceptors (Lipinski definition) is 4. The number of pyridine rings is 1. The Hall–Kier alpha value is -1.82. The first-order chi connectivity index (χ1) is 10.7. The summed E-state index contributed by atoms with van der Waals surface area (Å²) >= 11 is 0. The second-order valence-corrected chi connectivity index (χ2v) is 5.49. The molecule has 7 heteroatoms. The van der Waals surface area contributed by atoms with Gasteiger partial charge >= 0.3 is 0 Å². The molecule has 0 spiro atoms. The number of ether oxygens (including phenoxy) is 1. The van der Waals surface area contributed by atoms with Crippen molar-refractivity contribution in [1.29, 1.82) is 0 Å². The fourth-order valence-electron chi connectivity index (χ4n) is 2.27. The molecule has 0 aliphatic carbocycles. The van der Waals surface area contributed by atoms with E-state index < -0.39 is 0 Å². The maximum atomic E-state index is 12.1. The molecule has 5 nitrogen and oxygen atoms in total. The summed E-state index contributed by atoms with van der Waals surface area (Å²) in [5, 5.41) is 6.13. The minimum Gasteiger partial charge on any atom is -0.439 e. The fourth-order valence-corrected chi connectivity index (χ4v) is 2.27. The van der Waals surface area contributed by atoms with Gasteiger partial charge in [-0.3, -0.25) is 4.79 Å². The average molecular weight is 370 g/mol. The van der Waals surface area contributed by atoms with Crippen molar-refractivity contribution in [2.45, 2.75) is 6.92 Å². The summed E-state index contributed by atoms with van der Waals surface area (Å²) < 4.78 is 5.62. The van der Waals surface area contributed by atoms with Crippen molar-refractivity contribution in [1.82, 2.24) is 10.3 Å². The average Bonchev–Trinajstić information content (AvgIpc) is 2.48. The second kappa shape index (κ2) is 9.47. The third-order valence-electron chi connectivity index (χ3n) is 3.92. The Morgan fingerprint density at radius 3 is 2.46 bits per heavy atom. The van der Waals surface area contributed by atoms with E-state index in [0.29, 0.717) is 17.5 Å². The van der Waals surface area contributed by atoms with Gasteiger partial charge in [-0.1, -0.05) is 13.0 Å². The SMILES string of the molecule is CC(C(=O)Nc1ccc(Oc2ccccn2)cc1)C1CNC1.Cl.Cl. The molecule has 0 radical (unpaired) electrons. The van der Waals surface area contributed by atoms with E-state index in [1.165, 1.54) is 0 Å². The van der Waals surface area contributed by atoms with E-state index in [1.807, 2.05) is 43.3 Å². The fraction of sp³-hybridized carbons (Fsp3) is 0.294. The predicted octanol–water partition coefficient (Wildman–Crippen LogP) is 3.51. The van der Waals surface area contributed by atoms with Crippen LogP contribution < -0.4 is 15.4 Å².